The van der Waals surface area contributed by atoms with Gasteiger partial charge in [-0.2, -0.15) is 5.10 Å². The molecule has 0 aliphatic heterocycles. The average molecular weight is 353 g/mol. The minimum Gasteiger partial charge on any atom is -0.494 e. The fourth-order valence-corrected chi connectivity index (χ4v) is 3.16. The Morgan fingerprint density at radius 2 is 2.08 bits per heavy atom. The Labute approximate surface area is 152 Å². The third kappa shape index (κ3) is 3.10. The van der Waals surface area contributed by atoms with Gasteiger partial charge >= 0.3 is 5.97 Å². The molecule has 6 nitrogen and oxygen atoms in total. The van der Waals surface area contributed by atoms with Crippen molar-refractivity contribution in [1.29, 1.82) is 0 Å². The first-order valence-electron chi connectivity index (χ1n) is 8.68. The van der Waals surface area contributed by atoms with Crippen LogP contribution in [-0.2, 0) is 11.8 Å². The van der Waals surface area contributed by atoms with Gasteiger partial charge in [-0.05, 0) is 44.5 Å². The van der Waals surface area contributed by atoms with Crippen LogP contribution in [0.1, 0.15) is 31.5 Å². The molecular formula is C20H23N3O3. The van der Waals surface area contributed by atoms with Crippen molar-refractivity contribution < 1.29 is 14.6 Å². The van der Waals surface area contributed by atoms with Crippen LogP contribution in [0.15, 0.2) is 36.0 Å². The SMILES string of the molecule is CCOc1ccc2ccn(-c3c(/C=C(\CC)C(=O)O)c(C)nn3C)c2c1. The first-order chi connectivity index (χ1) is 12.5. The highest BCUT2D eigenvalue weighted by molar-refractivity contribution is 5.93. The highest BCUT2D eigenvalue weighted by Crippen LogP contribution is 2.29. The Morgan fingerprint density at radius 3 is 2.73 bits per heavy atom. The smallest absolute Gasteiger partial charge is 0.331 e. The molecule has 0 amide bonds. The largest absolute Gasteiger partial charge is 0.494 e. The Kier molecular flexibility index (Phi) is 4.84. The predicted molar refractivity (Wildman–Crippen MR) is 102 cm³/mol. The van der Waals surface area contributed by atoms with Gasteiger partial charge in [0.05, 0.1) is 17.8 Å². The summed E-state index contributed by atoms with van der Waals surface area (Å²) in [6, 6.07) is 7.99. The van der Waals surface area contributed by atoms with Crippen molar-refractivity contribution in [2.45, 2.75) is 27.2 Å². The van der Waals surface area contributed by atoms with Crippen LogP contribution >= 0.6 is 0 Å². The number of carboxylic acids is 1. The zero-order valence-corrected chi connectivity index (χ0v) is 15.5. The number of aromatic nitrogens is 3. The molecule has 3 aromatic rings. The van der Waals surface area contributed by atoms with E-state index in [9.17, 15) is 9.90 Å². The van der Waals surface area contributed by atoms with Crippen LogP contribution in [0.5, 0.6) is 5.75 Å². The lowest BCUT2D eigenvalue weighted by Gasteiger charge is -2.10. The van der Waals surface area contributed by atoms with Gasteiger partial charge in [0.2, 0.25) is 0 Å². The van der Waals surface area contributed by atoms with E-state index >= 15 is 0 Å². The van der Waals surface area contributed by atoms with Crippen molar-refractivity contribution >= 4 is 22.9 Å². The molecule has 2 heterocycles. The van der Waals surface area contributed by atoms with E-state index in [1.54, 1.807) is 10.8 Å². The maximum atomic E-state index is 11.5. The van der Waals surface area contributed by atoms with Gasteiger partial charge in [0.15, 0.2) is 0 Å². The van der Waals surface area contributed by atoms with Crippen LogP contribution in [-0.4, -0.2) is 32.0 Å². The number of ether oxygens (including phenoxy) is 1. The van der Waals surface area contributed by atoms with E-state index in [1.807, 2.05) is 62.8 Å². The Bertz CT molecular complexity index is 995. The van der Waals surface area contributed by atoms with Crippen molar-refractivity contribution in [3.05, 3.63) is 47.3 Å². The Balaban J connectivity index is 2.23. The molecule has 0 unspecified atom stereocenters. The summed E-state index contributed by atoms with van der Waals surface area (Å²) in [5.74, 6) is 0.728. The van der Waals surface area contributed by atoms with Gasteiger partial charge in [-0.1, -0.05) is 6.92 Å². The number of fused-ring (bicyclic) bond motifs is 1. The van der Waals surface area contributed by atoms with Gasteiger partial charge in [0.1, 0.15) is 11.6 Å². The second-order valence-electron chi connectivity index (χ2n) is 6.11. The van der Waals surface area contributed by atoms with Crippen molar-refractivity contribution in [3.8, 4) is 11.6 Å². The van der Waals surface area contributed by atoms with Crippen molar-refractivity contribution in [1.82, 2.24) is 14.3 Å². The number of aryl methyl sites for hydroxylation is 2. The Morgan fingerprint density at radius 1 is 1.31 bits per heavy atom. The summed E-state index contributed by atoms with van der Waals surface area (Å²) in [4.78, 5) is 11.5. The van der Waals surface area contributed by atoms with Crippen LogP contribution in [0.25, 0.3) is 22.8 Å². The molecule has 3 rings (SSSR count). The Hall–Kier alpha value is -3.02. The first kappa shape index (κ1) is 17.8. The average Bonchev–Trinajstić information content (AvgIpc) is 3.12. The molecule has 0 atom stereocenters. The van der Waals surface area contributed by atoms with Crippen LogP contribution in [0.3, 0.4) is 0 Å². The van der Waals surface area contributed by atoms with E-state index in [4.69, 9.17) is 4.74 Å². The summed E-state index contributed by atoms with van der Waals surface area (Å²) >= 11 is 0. The molecule has 0 radical (unpaired) electrons. The number of carbonyl (C=O) groups is 1. The molecule has 0 aliphatic carbocycles. The highest BCUT2D eigenvalue weighted by atomic mass is 16.5. The molecule has 2 aromatic heterocycles. The van der Waals surface area contributed by atoms with Gasteiger partial charge in [-0.3, -0.25) is 4.68 Å². The van der Waals surface area contributed by atoms with Crippen molar-refractivity contribution in [2.24, 2.45) is 7.05 Å². The summed E-state index contributed by atoms with van der Waals surface area (Å²) in [7, 11) is 1.87. The monoisotopic (exact) mass is 353 g/mol. The van der Waals surface area contributed by atoms with E-state index in [1.165, 1.54) is 0 Å². The maximum Gasteiger partial charge on any atom is 0.331 e. The van der Waals surface area contributed by atoms with E-state index in [0.717, 1.165) is 33.7 Å². The van der Waals surface area contributed by atoms with Gasteiger partial charge in [-0.25, -0.2) is 4.79 Å². The standard InChI is InChI=1S/C20H23N3O3/c1-5-14(20(24)25)11-17-13(3)21-22(4)19(17)23-10-9-15-7-8-16(26-6-2)12-18(15)23/h7-12H,5-6H2,1-4H3,(H,24,25)/b14-11+. The predicted octanol–water partition coefficient (Wildman–Crippen LogP) is 3.95. The molecule has 26 heavy (non-hydrogen) atoms. The lowest BCUT2D eigenvalue weighted by Crippen LogP contribution is -2.04. The summed E-state index contributed by atoms with van der Waals surface area (Å²) in [6.07, 6.45) is 4.14. The maximum absolute atomic E-state index is 11.5. The third-order valence-electron chi connectivity index (χ3n) is 4.42. The van der Waals surface area contributed by atoms with E-state index in [2.05, 4.69) is 5.10 Å². The van der Waals surface area contributed by atoms with Crippen LogP contribution in [0.4, 0.5) is 0 Å². The zero-order chi connectivity index (χ0) is 18.8. The van der Waals surface area contributed by atoms with Crippen molar-refractivity contribution in [2.75, 3.05) is 6.61 Å². The lowest BCUT2D eigenvalue weighted by molar-refractivity contribution is -0.132. The van der Waals surface area contributed by atoms with E-state index in [0.29, 0.717) is 18.6 Å². The molecule has 1 aromatic carbocycles. The number of aliphatic carboxylic acids is 1. The second-order valence-corrected chi connectivity index (χ2v) is 6.11. The molecule has 6 heteroatoms. The van der Waals surface area contributed by atoms with Crippen molar-refractivity contribution in [3.63, 3.8) is 0 Å². The summed E-state index contributed by atoms with van der Waals surface area (Å²) in [6.45, 7) is 6.28. The van der Waals surface area contributed by atoms with Crippen LogP contribution < -0.4 is 4.74 Å². The van der Waals surface area contributed by atoms with E-state index < -0.39 is 5.97 Å². The number of hydrogen-bond acceptors (Lipinski definition) is 3. The zero-order valence-electron chi connectivity index (χ0n) is 15.5. The molecule has 0 aliphatic rings. The molecular weight excluding hydrogens is 330 g/mol. The fraction of sp³-hybridized carbons (Fsp3) is 0.300. The number of hydrogen-bond donors (Lipinski definition) is 1. The van der Waals surface area contributed by atoms with E-state index in [-0.39, 0.29) is 0 Å². The lowest BCUT2D eigenvalue weighted by atomic mass is 10.1. The molecule has 0 saturated heterocycles. The molecule has 1 N–H and O–H groups in total. The second kappa shape index (κ2) is 7.07. The molecule has 136 valence electrons. The number of nitrogens with zero attached hydrogens (tertiary/aromatic N) is 3. The quantitative estimate of drug-likeness (QED) is 0.681. The fourth-order valence-electron chi connectivity index (χ4n) is 3.16. The number of carboxylic acid groups (broad SMARTS) is 1. The molecule has 0 saturated carbocycles. The van der Waals surface area contributed by atoms with Gasteiger partial charge in [0.25, 0.3) is 0 Å². The highest BCUT2D eigenvalue weighted by Gasteiger charge is 2.17. The first-order valence-corrected chi connectivity index (χ1v) is 8.68. The normalized spacial score (nSPS) is 11.9. The number of benzene rings is 1. The van der Waals surface area contributed by atoms with Crippen LogP contribution in [0, 0.1) is 6.92 Å². The minimum absolute atomic E-state index is 0.355. The molecule has 0 bridgehead atoms. The van der Waals surface area contributed by atoms with Crippen LogP contribution in [0.2, 0.25) is 0 Å². The summed E-state index contributed by atoms with van der Waals surface area (Å²) < 4.78 is 9.44. The third-order valence-corrected chi connectivity index (χ3v) is 4.42. The molecule has 0 fully saturated rings. The topological polar surface area (TPSA) is 69.3 Å². The molecule has 0 spiro atoms. The van der Waals surface area contributed by atoms with Gasteiger partial charge in [-0.15, -0.1) is 0 Å². The minimum atomic E-state index is -0.905. The summed E-state index contributed by atoms with van der Waals surface area (Å²) in [5.41, 5.74) is 2.94. The van der Waals surface area contributed by atoms with Gasteiger partial charge < -0.3 is 14.4 Å². The van der Waals surface area contributed by atoms with Gasteiger partial charge in [0, 0.05) is 35.8 Å². The summed E-state index contributed by atoms with van der Waals surface area (Å²) in [5, 5.41) is 15.0. The number of rotatable bonds is 6.